The molecule has 204 valence electrons. The number of imidazole rings is 1. The second kappa shape index (κ2) is 9.08. The van der Waals surface area contributed by atoms with Gasteiger partial charge in [-0.05, 0) is 75.2 Å². The van der Waals surface area contributed by atoms with E-state index in [4.69, 9.17) is 26.1 Å². The van der Waals surface area contributed by atoms with Crippen LogP contribution in [0.5, 0.6) is 11.8 Å². The summed E-state index contributed by atoms with van der Waals surface area (Å²) in [7, 11) is 0. The van der Waals surface area contributed by atoms with Gasteiger partial charge in [-0.3, -0.25) is 4.90 Å². The summed E-state index contributed by atoms with van der Waals surface area (Å²) in [6.07, 6.45) is 13.0. The number of nitrogens with zero attached hydrogens (tertiary/aromatic N) is 5. The molecule has 0 radical (unpaired) electrons. The van der Waals surface area contributed by atoms with Crippen molar-refractivity contribution in [1.29, 1.82) is 0 Å². The number of terminal acetylenes is 1. The van der Waals surface area contributed by atoms with E-state index in [1.807, 2.05) is 18.2 Å². The Morgan fingerprint density at radius 1 is 1.07 bits per heavy atom. The number of ether oxygens (including phenoxy) is 1. The van der Waals surface area contributed by atoms with Crippen molar-refractivity contribution in [1.82, 2.24) is 30.2 Å². The van der Waals surface area contributed by atoms with Crippen molar-refractivity contribution in [3.63, 3.8) is 0 Å². The summed E-state index contributed by atoms with van der Waals surface area (Å²) in [5.41, 5.74) is 2.93. The number of piperazine rings is 1. The van der Waals surface area contributed by atoms with Crippen molar-refractivity contribution in [3.05, 3.63) is 35.9 Å². The van der Waals surface area contributed by atoms with Gasteiger partial charge in [-0.15, -0.1) is 6.42 Å². The summed E-state index contributed by atoms with van der Waals surface area (Å²) in [4.78, 5) is 23.2. The minimum Gasteiger partial charge on any atom is -0.508 e. The van der Waals surface area contributed by atoms with Crippen LogP contribution in [0.2, 0.25) is 0 Å². The third-order valence-electron chi connectivity index (χ3n) is 9.48. The smallest absolute Gasteiger partial charge is 0.320 e. The van der Waals surface area contributed by atoms with Gasteiger partial charge in [-0.25, -0.2) is 4.98 Å². The standard InChI is InChI=1S/C31H33N7O2/c1-2-19-6-3-7-20-14-23(39)15-24(25(19)20)27-33-26-28(34-27)35-30(40-18-31-10-4-12-38(31)13-5-11-31)36-29(26)37-16-21-8-9-22(17-37)32-21/h1,3,6-7,14-15,21-22,32,39H,4-5,8-13,16-18H2,(H,33,34,35,36). The van der Waals surface area contributed by atoms with Crippen LogP contribution in [-0.4, -0.2) is 80.4 Å². The fraction of sp³-hybridized carbons (Fsp3) is 0.452. The number of rotatable bonds is 5. The average Bonchev–Trinajstić information content (AvgIpc) is 3.73. The number of phenols is 1. The molecule has 4 saturated heterocycles. The van der Waals surface area contributed by atoms with Crippen molar-refractivity contribution < 1.29 is 9.84 Å². The summed E-state index contributed by atoms with van der Waals surface area (Å²) in [5, 5.41) is 16.0. The van der Waals surface area contributed by atoms with E-state index in [9.17, 15) is 5.11 Å². The zero-order chi connectivity index (χ0) is 26.8. The van der Waals surface area contributed by atoms with Crippen LogP contribution >= 0.6 is 0 Å². The molecular formula is C31H33N7O2. The second-order valence-corrected chi connectivity index (χ2v) is 11.9. The third-order valence-corrected chi connectivity index (χ3v) is 9.48. The van der Waals surface area contributed by atoms with E-state index in [0.717, 1.165) is 72.3 Å². The number of fused-ring (bicyclic) bond motifs is 5. The minimum atomic E-state index is 0.107. The molecule has 2 aromatic heterocycles. The number of benzene rings is 2. The van der Waals surface area contributed by atoms with Gasteiger partial charge in [0.05, 0.1) is 5.54 Å². The van der Waals surface area contributed by atoms with E-state index >= 15 is 0 Å². The maximum Gasteiger partial charge on any atom is 0.320 e. The first-order valence-corrected chi connectivity index (χ1v) is 14.5. The largest absolute Gasteiger partial charge is 0.508 e. The van der Waals surface area contributed by atoms with Gasteiger partial charge in [-0.2, -0.15) is 9.97 Å². The van der Waals surface area contributed by atoms with Crippen LogP contribution in [0.25, 0.3) is 33.3 Å². The maximum absolute atomic E-state index is 10.6. The van der Waals surface area contributed by atoms with E-state index in [0.29, 0.717) is 36.2 Å². The molecule has 4 fully saturated rings. The summed E-state index contributed by atoms with van der Waals surface area (Å²) in [6, 6.07) is 10.5. The lowest BCUT2D eigenvalue weighted by Crippen LogP contribution is -2.51. The minimum absolute atomic E-state index is 0.107. The molecule has 2 aromatic carbocycles. The number of aromatic amines is 1. The van der Waals surface area contributed by atoms with Crippen molar-refractivity contribution in [2.45, 2.75) is 56.1 Å². The van der Waals surface area contributed by atoms with Gasteiger partial charge >= 0.3 is 6.01 Å². The van der Waals surface area contributed by atoms with Gasteiger partial charge in [0.2, 0.25) is 0 Å². The highest BCUT2D eigenvalue weighted by Crippen LogP contribution is 2.40. The van der Waals surface area contributed by atoms with Gasteiger partial charge < -0.3 is 25.0 Å². The van der Waals surface area contributed by atoms with Gasteiger partial charge in [0, 0.05) is 41.7 Å². The molecule has 0 saturated carbocycles. The monoisotopic (exact) mass is 535 g/mol. The number of aromatic hydroxyl groups is 1. The first-order chi connectivity index (χ1) is 19.6. The normalized spacial score (nSPS) is 23.6. The molecule has 2 bridgehead atoms. The Hall–Kier alpha value is -3.87. The highest BCUT2D eigenvalue weighted by molar-refractivity contribution is 6.01. The molecule has 2 atom stereocenters. The molecule has 4 aliphatic heterocycles. The molecule has 3 N–H and O–H groups in total. The van der Waals surface area contributed by atoms with E-state index in [-0.39, 0.29) is 11.3 Å². The Labute approximate surface area is 233 Å². The highest BCUT2D eigenvalue weighted by atomic mass is 16.5. The lowest BCUT2D eigenvalue weighted by atomic mass is 9.95. The first kappa shape index (κ1) is 24.0. The molecular weight excluding hydrogens is 502 g/mol. The number of H-pyrrole nitrogens is 1. The molecule has 8 rings (SSSR count). The van der Waals surface area contributed by atoms with Gasteiger partial charge in [0.1, 0.15) is 23.7 Å². The van der Waals surface area contributed by atoms with Gasteiger partial charge in [0.15, 0.2) is 11.5 Å². The Bertz CT molecular complexity index is 1650. The maximum atomic E-state index is 10.6. The molecule has 6 heterocycles. The lowest BCUT2D eigenvalue weighted by molar-refractivity contribution is 0.108. The lowest BCUT2D eigenvalue weighted by Gasteiger charge is -2.34. The number of hydrogen-bond donors (Lipinski definition) is 3. The van der Waals surface area contributed by atoms with Gasteiger partial charge in [0.25, 0.3) is 0 Å². The quantitative estimate of drug-likeness (QED) is 0.332. The molecule has 4 aromatic rings. The van der Waals surface area contributed by atoms with Crippen LogP contribution in [0.1, 0.15) is 44.1 Å². The van der Waals surface area contributed by atoms with Crippen LogP contribution in [0.3, 0.4) is 0 Å². The molecule has 0 amide bonds. The van der Waals surface area contributed by atoms with E-state index < -0.39 is 0 Å². The molecule has 9 heteroatoms. The topological polar surface area (TPSA) is 102 Å². The molecule has 4 aliphatic rings. The first-order valence-electron chi connectivity index (χ1n) is 14.5. The predicted octanol–water partition coefficient (Wildman–Crippen LogP) is 3.81. The number of anilines is 1. The van der Waals surface area contributed by atoms with Crippen molar-refractivity contribution in [2.24, 2.45) is 0 Å². The number of hydrogen-bond acceptors (Lipinski definition) is 8. The van der Waals surface area contributed by atoms with Crippen molar-refractivity contribution >= 4 is 27.8 Å². The molecule has 9 nitrogen and oxygen atoms in total. The molecule has 40 heavy (non-hydrogen) atoms. The third kappa shape index (κ3) is 3.81. The Morgan fingerprint density at radius 2 is 1.88 bits per heavy atom. The van der Waals surface area contributed by atoms with Crippen LogP contribution in [0, 0.1) is 12.3 Å². The van der Waals surface area contributed by atoms with Gasteiger partial charge in [-0.1, -0.05) is 18.1 Å². The van der Waals surface area contributed by atoms with Crippen LogP contribution < -0.4 is 15.0 Å². The molecule has 0 aliphatic carbocycles. The highest BCUT2D eigenvalue weighted by Gasteiger charge is 2.45. The van der Waals surface area contributed by atoms with Crippen LogP contribution in [0.4, 0.5) is 5.82 Å². The van der Waals surface area contributed by atoms with Crippen LogP contribution in [0.15, 0.2) is 30.3 Å². The molecule has 2 unspecified atom stereocenters. The average molecular weight is 536 g/mol. The van der Waals surface area contributed by atoms with Crippen molar-refractivity contribution in [3.8, 4) is 35.5 Å². The Balaban J connectivity index is 1.24. The zero-order valence-electron chi connectivity index (χ0n) is 22.5. The molecule has 0 spiro atoms. The Kier molecular flexibility index (Phi) is 5.44. The summed E-state index contributed by atoms with van der Waals surface area (Å²) in [5.74, 6) is 4.37. The zero-order valence-corrected chi connectivity index (χ0v) is 22.5. The van der Waals surface area contributed by atoms with Crippen molar-refractivity contribution in [2.75, 3.05) is 37.7 Å². The van der Waals surface area contributed by atoms with E-state index in [1.165, 1.54) is 25.7 Å². The fourth-order valence-corrected chi connectivity index (χ4v) is 7.63. The Morgan fingerprint density at radius 3 is 2.65 bits per heavy atom. The SMILES string of the molecule is C#Cc1cccc2cc(O)cc(-c3nc4nc(OCC56CCCN5CCC6)nc(N5CC6CCC(C5)N6)c4[nH]3)c12. The summed E-state index contributed by atoms with van der Waals surface area (Å²) < 4.78 is 6.42. The number of aromatic nitrogens is 4. The predicted molar refractivity (Wildman–Crippen MR) is 155 cm³/mol. The number of nitrogens with one attached hydrogen (secondary N) is 2. The summed E-state index contributed by atoms with van der Waals surface area (Å²) in [6.45, 7) is 4.66. The van der Waals surface area contributed by atoms with E-state index in [1.54, 1.807) is 12.1 Å². The fourth-order valence-electron chi connectivity index (χ4n) is 7.63. The second-order valence-electron chi connectivity index (χ2n) is 11.9. The van der Waals surface area contributed by atoms with Crippen LogP contribution in [-0.2, 0) is 0 Å². The number of phenolic OH excluding ortho intramolecular Hbond substituents is 1. The summed E-state index contributed by atoms with van der Waals surface area (Å²) >= 11 is 0. The van der Waals surface area contributed by atoms with E-state index in [2.05, 4.69) is 26.0 Å².